The maximum Gasteiger partial charge on any atom is 0.433 e. The van der Waals surface area contributed by atoms with Gasteiger partial charge in [-0.3, -0.25) is 24.2 Å². The molecule has 0 aromatic heterocycles. The van der Waals surface area contributed by atoms with Crippen LogP contribution in [0.2, 0.25) is 0 Å². The summed E-state index contributed by atoms with van der Waals surface area (Å²) in [5, 5.41) is 13.7. The summed E-state index contributed by atoms with van der Waals surface area (Å²) >= 11 is 0. The Bertz CT molecular complexity index is 919. The highest BCUT2D eigenvalue weighted by Crippen LogP contribution is 2.49. The molecule has 0 aliphatic heterocycles. The van der Waals surface area contributed by atoms with Crippen LogP contribution >= 0.6 is 7.75 Å². The third kappa shape index (κ3) is 5.76. The molecule has 0 heterocycles. The molecule has 1 N–H and O–H groups in total. The minimum Gasteiger partial charge on any atom is -0.293 e. The number of rotatable bonds is 9. The maximum atomic E-state index is 13.3. The van der Waals surface area contributed by atoms with E-state index in [4.69, 9.17) is 9.05 Å². The first-order chi connectivity index (χ1) is 13.5. The van der Waals surface area contributed by atoms with Gasteiger partial charge in [0.25, 0.3) is 5.69 Å². The van der Waals surface area contributed by atoms with Gasteiger partial charge in [-0.15, -0.1) is 0 Å². The van der Waals surface area contributed by atoms with E-state index in [2.05, 4.69) is 5.09 Å². The van der Waals surface area contributed by atoms with Crippen molar-refractivity contribution >= 4 is 19.1 Å². The second kappa shape index (κ2) is 9.28. The first-order valence-electron chi connectivity index (χ1n) is 8.54. The van der Waals surface area contributed by atoms with Crippen molar-refractivity contribution in [3.8, 4) is 0 Å². The Morgan fingerprint density at radius 1 is 0.821 bits per heavy atom. The van der Waals surface area contributed by atoms with E-state index in [9.17, 15) is 14.7 Å². The molecule has 7 nitrogen and oxygen atoms in total. The second-order valence-electron chi connectivity index (χ2n) is 5.93. The molecule has 8 heteroatoms. The third-order valence-corrected chi connectivity index (χ3v) is 5.28. The lowest BCUT2D eigenvalue weighted by Gasteiger charge is -2.20. The van der Waals surface area contributed by atoms with E-state index in [1.54, 1.807) is 6.07 Å². The van der Waals surface area contributed by atoms with Crippen molar-refractivity contribution < 1.29 is 18.5 Å². The predicted molar refractivity (Wildman–Crippen MR) is 107 cm³/mol. The fourth-order valence-corrected chi connectivity index (χ4v) is 3.71. The summed E-state index contributed by atoms with van der Waals surface area (Å²) in [4.78, 5) is 10.5. The van der Waals surface area contributed by atoms with E-state index >= 15 is 0 Å². The van der Waals surface area contributed by atoms with Crippen LogP contribution in [0.1, 0.15) is 11.1 Å². The number of nitro groups is 1. The van der Waals surface area contributed by atoms with Gasteiger partial charge in [0.05, 0.1) is 23.8 Å². The fraction of sp³-hybridized carbons (Fsp3) is 0.100. The quantitative estimate of drug-likeness (QED) is 0.289. The lowest BCUT2D eigenvalue weighted by molar-refractivity contribution is -0.384. The summed E-state index contributed by atoms with van der Waals surface area (Å²) in [6.07, 6.45) is 0. The first-order valence-corrected chi connectivity index (χ1v) is 10.1. The van der Waals surface area contributed by atoms with E-state index in [-0.39, 0.29) is 24.6 Å². The van der Waals surface area contributed by atoms with Gasteiger partial charge in [0.1, 0.15) is 0 Å². The predicted octanol–water partition coefficient (Wildman–Crippen LogP) is 5.55. The normalized spacial score (nSPS) is 11.1. The van der Waals surface area contributed by atoms with Gasteiger partial charge >= 0.3 is 7.75 Å². The molecule has 3 rings (SSSR count). The fourth-order valence-electron chi connectivity index (χ4n) is 2.42. The third-order valence-electron chi connectivity index (χ3n) is 3.81. The minimum absolute atomic E-state index is 0.0643. The molecule has 0 atom stereocenters. The van der Waals surface area contributed by atoms with Crippen molar-refractivity contribution in [3.63, 3.8) is 0 Å². The highest BCUT2D eigenvalue weighted by Gasteiger charge is 2.26. The summed E-state index contributed by atoms with van der Waals surface area (Å²) < 4.78 is 24.5. The molecular weight excluding hydrogens is 379 g/mol. The number of hydrogen-bond donors (Lipinski definition) is 1. The van der Waals surface area contributed by atoms with Gasteiger partial charge in [-0.25, -0.2) is 4.57 Å². The molecular formula is C20H19N2O5P. The first kappa shape index (κ1) is 19.8. The molecule has 0 spiro atoms. The number of nitro benzene ring substituents is 1. The molecule has 28 heavy (non-hydrogen) atoms. The average molecular weight is 398 g/mol. The summed E-state index contributed by atoms with van der Waals surface area (Å²) in [5.41, 5.74) is 1.81. The zero-order valence-electron chi connectivity index (χ0n) is 14.9. The van der Waals surface area contributed by atoms with Crippen LogP contribution in [-0.2, 0) is 26.8 Å². The SMILES string of the molecule is O=[N+]([O-])c1cccc(NP(=O)(OCc2ccccc2)OCc2ccccc2)c1. The van der Waals surface area contributed by atoms with Crippen molar-refractivity contribution in [3.05, 3.63) is 106 Å². The van der Waals surface area contributed by atoms with Gasteiger partial charge in [-0.1, -0.05) is 66.7 Å². The van der Waals surface area contributed by atoms with Gasteiger partial charge in [-0.2, -0.15) is 0 Å². The number of nitrogens with zero attached hydrogens (tertiary/aromatic N) is 1. The Balaban J connectivity index is 1.77. The molecule has 0 aliphatic rings. The van der Waals surface area contributed by atoms with Crippen LogP contribution in [0.25, 0.3) is 0 Å². The smallest absolute Gasteiger partial charge is 0.293 e. The minimum atomic E-state index is -3.79. The Hall–Kier alpha value is -2.99. The highest BCUT2D eigenvalue weighted by atomic mass is 31.2. The Morgan fingerprint density at radius 3 is 1.86 bits per heavy atom. The van der Waals surface area contributed by atoms with Gasteiger partial charge in [0.15, 0.2) is 0 Å². The number of anilines is 1. The monoisotopic (exact) mass is 398 g/mol. The van der Waals surface area contributed by atoms with E-state index in [0.29, 0.717) is 0 Å². The van der Waals surface area contributed by atoms with E-state index in [0.717, 1.165) is 11.1 Å². The zero-order chi connectivity index (χ0) is 19.8. The molecule has 0 amide bonds. The average Bonchev–Trinajstić information content (AvgIpc) is 2.73. The second-order valence-corrected chi connectivity index (χ2v) is 7.67. The lowest BCUT2D eigenvalue weighted by atomic mass is 10.2. The summed E-state index contributed by atoms with van der Waals surface area (Å²) in [7, 11) is -3.79. The summed E-state index contributed by atoms with van der Waals surface area (Å²) in [6.45, 7) is 0.129. The lowest BCUT2D eigenvalue weighted by Crippen LogP contribution is -2.06. The molecule has 0 fully saturated rings. The number of non-ortho nitro benzene ring substituents is 1. The molecule has 0 unspecified atom stereocenters. The summed E-state index contributed by atoms with van der Waals surface area (Å²) in [5.74, 6) is 0. The largest absolute Gasteiger partial charge is 0.433 e. The van der Waals surface area contributed by atoms with Crippen LogP contribution in [0.3, 0.4) is 0 Å². The number of hydrogen-bond acceptors (Lipinski definition) is 5. The van der Waals surface area contributed by atoms with Gasteiger partial charge in [0, 0.05) is 12.1 Å². The zero-order valence-corrected chi connectivity index (χ0v) is 15.8. The Kier molecular flexibility index (Phi) is 6.55. The van der Waals surface area contributed by atoms with Gasteiger partial charge in [-0.05, 0) is 17.2 Å². The molecule has 0 saturated carbocycles. The highest BCUT2D eigenvalue weighted by molar-refractivity contribution is 7.55. The topological polar surface area (TPSA) is 90.7 Å². The molecule has 0 bridgehead atoms. The van der Waals surface area contributed by atoms with Crippen molar-refractivity contribution in [2.24, 2.45) is 0 Å². The van der Waals surface area contributed by atoms with E-state index in [1.165, 1.54) is 18.2 Å². The number of nitrogens with one attached hydrogen (secondary N) is 1. The van der Waals surface area contributed by atoms with Crippen LogP contribution in [0.15, 0.2) is 84.9 Å². The van der Waals surface area contributed by atoms with Crippen molar-refractivity contribution in [1.29, 1.82) is 0 Å². The van der Waals surface area contributed by atoms with Gasteiger partial charge in [0.2, 0.25) is 0 Å². The molecule has 0 aliphatic carbocycles. The van der Waals surface area contributed by atoms with Crippen molar-refractivity contribution in [2.75, 3.05) is 5.09 Å². The Morgan fingerprint density at radius 2 is 1.36 bits per heavy atom. The van der Waals surface area contributed by atoms with Crippen LogP contribution in [0, 0.1) is 10.1 Å². The van der Waals surface area contributed by atoms with E-state index in [1.807, 2.05) is 60.7 Å². The summed E-state index contributed by atoms with van der Waals surface area (Å²) in [6, 6.07) is 24.2. The maximum absolute atomic E-state index is 13.3. The van der Waals surface area contributed by atoms with Crippen LogP contribution in [-0.4, -0.2) is 4.92 Å². The standard InChI is InChI=1S/C20H19N2O5P/c23-22(24)20-13-7-12-19(14-20)21-28(25,26-15-17-8-3-1-4-9-17)27-16-18-10-5-2-6-11-18/h1-14H,15-16H2,(H,21,25). The number of benzene rings is 3. The van der Waals surface area contributed by atoms with Crippen LogP contribution in [0.4, 0.5) is 11.4 Å². The molecule has 3 aromatic carbocycles. The van der Waals surface area contributed by atoms with Gasteiger partial charge < -0.3 is 0 Å². The molecule has 144 valence electrons. The van der Waals surface area contributed by atoms with E-state index < -0.39 is 12.7 Å². The molecule has 0 saturated heterocycles. The Labute approximate surface area is 162 Å². The van der Waals surface area contributed by atoms with Crippen molar-refractivity contribution in [1.82, 2.24) is 0 Å². The van der Waals surface area contributed by atoms with Crippen LogP contribution in [0.5, 0.6) is 0 Å². The molecule has 0 radical (unpaired) electrons. The van der Waals surface area contributed by atoms with Crippen molar-refractivity contribution in [2.45, 2.75) is 13.2 Å². The molecule has 3 aromatic rings. The van der Waals surface area contributed by atoms with Crippen LogP contribution < -0.4 is 5.09 Å².